The van der Waals surface area contributed by atoms with E-state index in [0.29, 0.717) is 17.9 Å². The lowest BCUT2D eigenvalue weighted by Gasteiger charge is -2.37. The summed E-state index contributed by atoms with van der Waals surface area (Å²) < 4.78 is 42.4. The molecular weight excluding hydrogens is 449 g/mol. The van der Waals surface area contributed by atoms with Crippen molar-refractivity contribution in [1.82, 2.24) is 20.1 Å². The quantitative estimate of drug-likeness (QED) is 0.473. The maximum Gasteiger partial charge on any atom is 0.471 e. The molecule has 0 aliphatic carbocycles. The Morgan fingerprint density at radius 1 is 1.00 bits per heavy atom. The van der Waals surface area contributed by atoms with Crippen molar-refractivity contribution in [2.24, 2.45) is 0 Å². The van der Waals surface area contributed by atoms with Crippen LogP contribution in [0.15, 0.2) is 71.5 Å². The Balaban J connectivity index is 1.42. The van der Waals surface area contributed by atoms with Gasteiger partial charge in [-0.25, -0.2) is 9.97 Å². The van der Waals surface area contributed by atoms with Gasteiger partial charge in [0.05, 0.1) is 23.5 Å². The lowest BCUT2D eigenvalue weighted by molar-refractivity contribution is -0.159. The van der Waals surface area contributed by atoms with Crippen LogP contribution in [0.5, 0.6) is 0 Å². The second-order valence-electron chi connectivity index (χ2n) is 7.65. The van der Waals surface area contributed by atoms with E-state index in [2.05, 4.69) is 29.9 Å². The zero-order chi connectivity index (χ0) is 23.7. The van der Waals surface area contributed by atoms with Crippen molar-refractivity contribution in [3.8, 4) is 11.4 Å². The van der Waals surface area contributed by atoms with Crippen LogP contribution in [-0.2, 0) is 23.9 Å². The van der Waals surface area contributed by atoms with E-state index in [4.69, 9.17) is 0 Å². The first-order valence-corrected chi connectivity index (χ1v) is 10.3. The average molecular weight is 466 g/mol. The summed E-state index contributed by atoms with van der Waals surface area (Å²) in [4.78, 5) is 26.8. The number of carbonyl (C=O) groups is 1. The Bertz CT molecular complexity index is 1310. The van der Waals surface area contributed by atoms with Crippen LogP contribution >= 0.6 is 0 Å². The van der Waals surface area contributed by atoms with E-state index < -0.39 is 18.1 Å². The molecule has 2 aromatic carbocycles. The first kappa shape index (κ1) is 21.6. The van der Waals surface area contributed by atoms with Gasteiger partial charge in [-0.2, -0.15) is 18.2 Å². The van der Waals surface area contributed by atoms with E-state index in [1.54, 1.807) is 0 Å². The molecule has 0 spiro atoms. The Labute approximate surface area is 191 Å². The van der Waals surface area contributed by atoms with Gasteiger partial charge in [-0.1, -0.05) is 47.6 Å². The predicted molar refractivity (Wildman–Crippen MR) is 116 cm³/mol. The van der Waals surface area contributed by atoms with Crippen LogP contribution in [0.25, 0.3) is 11.4 Å². The highest BCUT2D eigenvalue weighted by atomic mass is 19.4. The van der Waals surface area contributed by atoms with Crippen molar-refractivity contribution in [1.29, 1.82) is 0 Å². The van der Waals surface area contributed by atoms with Crippen LogP contribution in [-0.4, -0.2) is 32.1 Å². The molecule has 0 bridgehead atoms. The Kier molecular flexibility index (Phi) is 5.44. The third kappa shape index (κ3) is 4.32. The fraction of sp³-hybridized carbons (Fsp3) is 0.174. The van der Waals surface area contributed by atoms with Gasteiger partial charge < -0.3 is 14.7 Å². The minimum absolute atomic E-state index is 0.148. The summed E-state index contributed by atoms with van der Waals surface area (Å²) in [6.45, 7) is 0.211. The molecule has 1 aliphatic rings. The molecule has 8 nitrogen and oxygen atoms in total. The second-order valence-corrected chi connectivity index (χ2v) is 7.65. The first-order valence-electron chi connectivity index (χ1n) is 10.3. The average Bonchev–Trinajstić information content (AvgIpc) is 3.33. The van der Waals surface area contributed by atoms with Gasteiger partial charge in [-0.05, 0) is 17.7 Å². The third-order valence-corrected chi connectivity index (χ3v) is 5.37. The summed E-state index contributed by atoms with van der Waals surface area (Å²) in [5, 5.41) is 6.30. The number of nitrogens with one attached hydrogen (secondary N) is 1. The Hall–Kier alpha value is -4.28. The highest BCUT2D eigenvalue weighted by molar-refractivity contribution is 6.03. The molecule has 2 aromatic heterocycles. The standard InChI is InChI=1S/C23H17F3N6O2/c24-23(25,26)22-30-20(31-34-22)15-11-27-19(28-12-15)13-32-17-9-5-4-8-16(17)29-21(33)18(32)10-14-6-2-1-3-7-14/h1-9,11-12,18H,10,13H2,(H,29,33). The number of alkyl halides is 3. The molecule has 1 atom stereocenters. The van der Waals surface area contributed by atoms with Crippen molar-refractivity contribution in [2.45, 2.75) is 25.2 Å². The monoisotopic (exact) mass is 466 g/mol. The lowest BCUT2D eigenvalue weighted by atomic mass is 10.00. The zero-order valence-corrected chi connectivity index (χ0v) is 17.5. The van der Waals surface area contributed by atoms with Gasteiger partial charge >= 0.3 is 12.1 Å². The van der Waals surface area contributed by atoms with E-state index in [1.807, 2.05) is 59.5 Å². The number of hydrogen-bond donors (Lipinski definition) is 1. The maximum absolute atomic E-state index is 13.0. The highest BCUT2D eigenvalue weighted by Gasteiger charge is 2.38. The van der Waals surface area contributed by atoms with E-state index in [9.17, 15) is 18.0 Å². The Morgan fingerprint density at radius 3 is 2.41 bits per heavy atom. The smallest absolute Gasteiger partial charge is 0.350 e. The number of carbonyl (C=O) groups excluding carboxylic acids is 1. The maximum atomic E-state index is 13.0. The van der Waals surface area contributed by atoms with Gasteiger partial charge in [0.1, 0.15) is 11.9 Å². The first-order chi connectivity index (χ1) is 16.4. The van der Waals surface area contributed by atoms with Crippen molar-refractivity contribution < 1.29 is 22.5 Å². The molecule has 3 heterocycles. The SMILES string of the molecule is O=C1Nc2ccccc2N(Cc2ncc(-c3noc(C(F)(F)F)n3)cn2)C1Cc1ccccc1. The molecular formula is C23H17F3N6O2. The summed E-state index contributed by atoms with van der Waals surface area (Å²) in [7, 11) is 0. The summed E-state index contributed by atoms with van der Waals surface area (Å²) in [5.41, 5.74) is 2.69. The van der Waals surface area contributed by atoms with E-state index >= 15 is 0 Å². The molecule has 11 heteroatoms. The molecule has 0 radical (unpaired) electrons. The fourth-order valence-corrected chi connectivity index (χ4v) is 3.75. The van der Waals surface area contributed by atoms with Gasteiger partial charge in [0.2, 0.25) is 11.7 Å². The molecule has 1 aliphatic heterocycles. The van der Waals surface area contributed by atoms with Gasteiger partial charge in [0.25, 0.3) is 0 Å². The molecule has 0 saturated heterocycles. The van der Waals surface area contributed by atoms with Crippen LogP contribution < -0.4 is 10.2 Å². The third-order valence-electron chi connectivity index (χ3n) is 5.37. The molecule has 0 saturated carbocycles. The highest BCUT2D eigenvalue weighted by Crippen LogP contribution is 2.34. The largest absolute Gasteiger partial charge is 0.471 e. The molecule has 172 valence electrons. The van der Waals surface area contributed by atoms with Gasteiger partial charge in [-0.15, -0.1) is 0 Å². The lowest BCUT2D eigenvalue weighted by Crippen LogP contribution is -2.49. The number of nitrogens with zero attached hydrogens (tertiary/aromatic N) is 5. The number of para-hydroxylation sites is 2. The summed E-state index contributed by atoms with van der Waals surface area (Å²) in [6.07, 6.45) is -1.60. The van der Waals surface area contributed by atoms with Crippen LogP contribution in [0.2, 0.25) is 0 Å². The summed E-state index contributed by atoms with van der Waals surface area (Å²) in [6, 6.07) is 16.6. The number of benzene rings is 2. The van der Waals surface area contributed by atoms with Crippen LogP contribution in [0.1, 0.15) is 17.3 Å². The normalized spacial score (nSPS) is 15.7. The predicted octanol–water partition coefficient (Wildman–Crippen LogP) is 4.12. The van der Waals surface area contributed by atoms with E-state index in [0.717, 1.165) is 11.3 Å². The van der Waals surface area contributed by atoms with Gasteiger partial charge in [0.15, 0.2) is 0 Å². The van der Waals surface area contributed by atoms with E-state index in [1.165, 1.54) is 12.4 Å². The fourth-order valence-electron chi connectivity index (χ4n) is 3.75. The van der Waals surface area contributed by atoms with Crippen LogP contribution in [0, 0.1) is 0 Å². The Morgan fingerprint density at radius 2 is 1.71 bits per heavy atom. The van der Waals surface area contributed by atoms with E-state index in [-0.39, 0.29) is 23.8 Å². The van der Waals surface area contributed by atoms with Crippen molar-refractivity contribution >= 4 is 17.3 Å². The van der Waals surface area contributed by atoms with Crippen LogP contribution in [0.3, 0.4) is 0 Å². The molecule has 0 fully saturated rings. The summed E-state index contributed by atoms with van der Waals surface area (Å²) in [5.74, 6) is -1.47. The molecule has 1 amide bonds. The molecule has 34 heavy (non-hydrogen) atoms. The molecule has 5 rings (SSSR count). The minimum Gasteiger partial charge on any atom is -0.350 e. The number of amides is 1. The minimum atomic E-state index is -4.73. The number of fused-ring (bicyclic) bond motifs is 1. The second kappa shape index (κ2) is 8.58. The summed E-state index contributed by atoms with van der Waals surface area (Å²) >= 11 is 0. The molecule has 1 unspecified atom stereocenters. The van der Waals surface area contributed by atoms with Crippen LogP contribution in [0.4, 0.5) is 24.5 Å². The van der Waals surface area contributed by atoms with Gasteiger partial charge in [-0.3, -0.25) is 4.79 Å². The molecule has 4 aromatic rings. The number of aromatic nitrogens is 4. The number of halogens is 3. The van der Waals surface area contributed by atoms with Crippen molar-refractivity contribution in [3.63, 3.8) is 0 Å². The molecule has 1 N–H and O–H groups in total. The number of hydrogen-bond acceptors (Lipinski definition) is 7. The number of rotatable bonds is 5. The topological polar surface area (TPSA) is 97.0 Å². The number of anilines is 2. The van der Waals surface area contributed by atoms with Crippen molar-refractivity contribution in [3.05, 3.63) is 84.3 Å². The van der Waals surface area contributed by atoms with Gasteiger partial charge in [0, 0.05) is 18.8 Å². The van der Waals surface area contributed by atoms with Crippen molar-refractivity contribution in [2.75, 3.05) is 10.2 Å². The zero-order valence-electron chi connectivity index (χ0n) is 17.5.